The van der Waals surface area contributed by atoms with Crippen molar-refractivity contribution in [2.75, 3.05) is 18.5 Å². The average molecular weight is 343 g/mol. The number of hydrogen-bond donors (Lipinski definition) is 2. The van der Waals surface area contributed by atoms with Crippen molar-refractivity contribution < 1.29 is 14.3 Å². The van der Waals surface area contributed by atoms with Gasteiger partial charge in [-0.1, -0.05) is 38.8 Å². The molecule has 1 rings (SSSR count). The third-order valence-electron chi connectivity index (χ3n) is 3.43. The van der Waals surface area contributed by atoms with Gasteiger partial charge in [0.1, 0.15) is 11.6 Å². The number of nitrogens with zero attached hydrogens (tertiary/aromatic N) is 1. The number of benzene rings is 1. The van der Waals surface area contributed by atoms with Crippen LogP contribution in [-0.2, 0) is 9.53 Å². The van der Waals surface area contributed by atoms with E-state index in [4.69, 9.17) is 10.00 Å². The summed E-state index contributed by atoms with van der Waals surface area (Å²) >= 11 is 0. The molecule has 6 nitrogen and oxygen atoms in total. The number of para-hydroxylation sites is 1. The van der Waals surface area contributed by atoms with Crippen molar-refractivity contribution in [1.29, 1.82) is 5.26 Å². The largest absolute Gasteiger partial charge is 0.462 e. The molecule has 0 fully saturated rings. The zero-order valence-corrected chi connectivity index (χ0v) is 14.8. The lowest BCUT2D eigenvalue weighted by molar-refractivity contribution is -0.117. The lowest BCUT2D eigenvalue weighted by atomic mass is 10.1. The number of hydrogen-bond acceptors (Lipinski definition) is 5. The number of carbonyl (C=O) groups excluding carboxylic acids is 2. The molecule has 1 amide bonds. The molecule has 0 bridgehead atoms. The highest BCUT2D eigenvalue weighted by Crippen LogP contribution is 2.17. The van der Waals surface area contributed by atoms with E-state index in [1.807, 2.05) is 19.9 Å². The molecule has 1 aromatic rings. The van der Waals surface area contributed by atoms with Crippen LogP contribution in [-0.4, -0.2) is 25.0 Å². The van der Waals surface area contributed by atoms with E-state index in [1.54, 1.807) is 24.3 Å². The summed E-state index contributed by atoms with van der Waals surface area (Å²) in [6.07, 6.45) is 4.85. The molecule has 0 radical (unpaired) electrons. The zero-order valence-electron chi connectivity index (χ0n) is 14.8. The third kappa shape index (κ3) is 7.08. The van der Waals surface area contributed by atoms with Crippen LogP contribution >= 0.6 is 0 Å². The summed E-state index contributed by atoms with van der Waals surface area (Å²) in [5, 5.41) is 14.7. The molecule has 0 aliphatic rings. The van der Waals surface area contributed by atoms with E-state index in [9.17, 15) is 9.59 Å². The summed E-state index contributed by atoms with van der Waals surface area (Å²) in [5.74, 6) is -0.873. The van der Waals surface area contributed by atoms with E-state index < -0.39 is 11.9 Å². The number of nitriles is 1. The maximum absolute atomic E-state index is 12.1. The lowest BCUT2D eigenvalue weighted by Gasteiger charge is -2.10. The number of ether oxygens (including phenoxy) is 1. The molecule has 0 aliphatic carbocycles. The normalized spacial score (nSPS) is 10.7. The van der Waals surface area contributed by atoms with Gasteiger partial charge >= 0.3 is 5.97 Å². The van der Waals surface area contributed by atoms with Gasteiger partial charge < -0.3 is 15.4 Å². The average Bonchev–Trinajstić information content (AvgIpc) is 2.63. The highest BCUT2D eigenvalue weighted by molar-refractivity contribution is 5.98. The molecule has 0 saturated heterocycles. The number of nitrogens with one attached hydrogen (secondary N) is 2. The molecular weight excluding hydrogens is 318 g/mol. The van der Waals surface area contributed by atoms with Crippen LogP contribution in [0.1, 0.15) is 49.9 Å². The molecule has 2 N–H and O–H groups in total. The van der Waals surface area contributed by atoms with Gasteiger partial charge in [0.25, 0.3) is 5.91 Å². The van der Waals surface area contributed by atoms with Crippen LogP contribution in [0.2, 0.25) is 0 Å². The van der Waals surface area contributed by atoms with Crippen molar-refractivity contribution in [3.8, 4) is 6.07 Å². The first kappa shape index (κ1) is 20.2. The summed E-state index contributed by atoms with van der Waals surface area (Å²) in [4.78, 5) is 24.1. The number of carbonyl (C=O) groups is 2. The van der Waals surface area contributed by atoms with Crippen LogP contribution in [0.15, 0.2) is 36.0 Å². The minimum atomic E-state index is -0.438. The van der Waals surface area contributed by atoms with Gasteiger partial charge in [0.05, 0.1) is 17.9 Å². The molecule has 25 heavy (non-hydrogen) atoms. The van der Waals surface area contributed by atoms with Crippen LogP contribution in [0.4, 0.5) is 5.69 Å². The van der Waals surface area contributed by atoms with Crippen LogP contribution in [0.3, 0.4) is 0 Å². The van der Waals surface area contributed by atoms with E-state index in [1.165, 1.54) is 6.20 Å². The maximum atomic E-state index is 12.1. The van der Waals surface area contributed by atoms with Gasteiger partial charge in [-0.2, -0.15) is 5.26 Å². The summed E-state index contributed by atoms with van der Waals surface area (Å²) in [6, 6.07) is 8.67. The van der Waals surface area contributed by atoms with Crippen molar-refractivity contribution in [2.24, 2.45) is 0 Å². The Morgan fingerprint density at radius 3 is 2.60 bits per heavy atom. The Morgan fingerprint density at radius 1 is 1.20 bits per heavy atom. The van der Waals surface area contributed by atoms with E-state index >= 15 is 0 Å². The Balaban J connectivity index is 2.79. The summed E-state index contributed by atoms with van der Waals surface area (Å²) in [6.45, 7) is 4.92. The molecule has 0 unspecified atom stereocenters. The Bertz CT molecular complexity index is 648. The number of anilines is 1. The molecule has 134 valence electrons. The standard InChI is InChI=1S/C19H25N3O3/c1-3-5-11-21-18(23)15(13-20)14-22-17-10-8-7-9-16(17)19(24)25-12-6-4-2/h7-10,14,22H,3-6,11-12H2,1-2H3,(H,21,23)/b15-14-. The molecular formula is C19H25N3O3. The topological polar surface area (TPSA) is 91.2 Å². The number of rotatable bonds is 10. The SMILES string of the molecule is CCCCNC(=O)/C(C#N)=C\Nc1ccccc1C(=O)OCCCC. The van der Waals surface area contributed by atoms with E-state index in [2.05, 4.69) is 10.6 Å². The van der Waals surface area contributed by atoms with Crippen LogP contribution < -0.4 is 10.6 Å². The Hall–Kier alpha value is -2.81. The molecule has 1 aromatic carbocycles. The first-order chi connectivity index (χ1) is 12.1. The summed E-state index contributed by atoms with van der Waals surface area (Å²) < 4.78 is 5.21. The van der Waals surface area contributed by atoms with Crippen molar-refractivity contribution >= 4 is 17.6 Å². The van der Waals surface area contributed by atoms with Gasteiger partial charge in [0, 0.05) is 12.7 Å². The highest BCUT2D eigenvalue weighted by Gasteiger charge is 2.13. The second-order valence-electron chi connectivity index (χ2n) is 5.46. The number of esters is 1. The Labute approximate surface area is 148 Å². The van der Waals surface area contributed by atoms with Gasteiger partial charge in [0.15, 0.2) is 0 Å². The monoisotopic (exact) mass is 343 g/mol. The van der Waals surface area contributed by atoms with E-state index in [0.29, 0.717) is 24.4 Å². The van der Waals surface area contributed by atoms with Crippen molar-refractivity contribution in [3.63, 3.8) is 0 Å². The van der Waals surface area contributed by atoms with Crippen molar-refractivity contribution in [1.82, 2.24) is 5.32 Å². The Morgan fingerprint density at radius 2 is 1.92 bits per heavy atom. The van der Waals surface area contributed by atoms with E-state index in [0.717, 1.165) is 25.7 Å². The highest BCUT2D eigenvalue weighted by atomic mass is 16.5. The van der Waals surface area contributed by atoms with Crippen LogP contribution in [0, 0.1) is 11.3 Å². The fraction of sp³-hybridized carbons (Fsp3) is 0.421. The van der Waals surface area contributed by atoms with Gasteiger partial charge in [0.2, 0.25) is 0 Å². The summed E-state index contributed by atoms with van der Waals surface area (Å²) in [5.41, 5.74) is 0.793. The Kier molecular flexibility index (Phi) is 9.46. The molecule has 6 heteroatoms. The predicted molar refractivity (Wildman–Crippen MR) is 96.9 cm³/mol. The van der Waals surface area contributed by atoms with Gasteiger partial charge in [-0.3, -0.25) is 4.79 Å². The molecule has 0 heterocycles. The van der Waals surface area contributed by atoms with E-state index in [-0.39, 0.29) is 5.57 Å². The number of amides is 1. The first-order valence-electron chi connectivity index (χ1n) is 8.55. The second-order valence-corrected chi connectivity index (χ2v) is 5.46. The molecule has 0 aromatic heterocycles. The second kappa shape index (κ2) is 11.7. The first-order valence-corrected chi connectivity index (χ1v) is 8.55. The lowest BCUT2D eigenvalue weighted by Crippen LogP contribution is -2.26. The summed E-state index contributed by atoms with van der Waals surface area (Å²) in [7, 11) is 0. The molecule has 0 atom stereocenters. The fourth-order valence-corrected chi connectivity index (χ4v) is 1.95. The zero-order chi connectivity index (χ0) is 18.5. The minimum Gasteiger partial charge on any atom is -0.462 e. The quantitative estimate of drug-likeness (QED) is 0.294. The fourth-order valence-electron chi connectivity index (χ4n) is 1.95. The van der Waals surface area contributed by atoms with Gasteiger partial charge in [-0.05, 0) is 25.0 Å². The molecule has 0 spiro atoms. The maximum Gasteiger partial charge on any atom is 0.340 e. The molecule has 0 aliphatic heterocycles. The van der Waals surface area contributed by atoms with Gasteiger partial charge in [-0.25, -0.2) is 4.79 Å². The van der Waals surface area contributed by atoms with Gasteiger partial charge in [-0.15, -0.1) is 0 Å². The van der Waals surface area contributed by atoms with Crippen molar-refractivity contribution in [2.45, 2.75) is 39.5 Å². The molecule has 0 saturated carbocycles. The van der Waals surface area contributed by atoms with Crippen LogP contribution in [0.5, 0.6) is 0 Å². The third-order valence-corrected chi connectivity index (χ3v) is 3.43. The predicted octanol–water partition coefficient (Wildman–Crippen LogP) is 3.38. The number of unbranched alkanes of at least 4 members (excludes halogenated alkanes) is 2. The minimum absolute atomic E-state index is 0.0507. The smallest absolute Gasteiger partial charge is 0.340 e. The van der Waals surface area contributed by atoms with Crippen molar-refractivity contribution in [3.05, 3.63) is 41.6 Å². The van der Waals surface area contributed by atoms with Crippen LogP contribution in [0.25, 0.3) is 0 Å².